The highest BCUT2D eigenvalue weighted by molar-refractivity contribution is 5.75. The number of nitrogens with zero attached hydrogens (tertiary/aromatic N) is 2. The Hall–Kier alpha value is -2.05. The van der Waals surface area contributed by atoms with E-state index in [1.54, 1.807) is 0 Å². The molecule has 2 aliphatic rings. The largest absolute Gasteiger partial charge is 0.481 e. The SMILES string of the molecule is Cn1ncc2c1CCCC2NC(=O)NC1CCC(C(=O)O)CC1. The van der Waals surface area contributed by atoms with Gasteiger partial charge in [0.05, 0.1) is 18.2 Å². The van der Waals surface area contributed by atoms with Crippen molar-refractivity contribution in [1.29, 1.82) is 0 Å². The average Bonchev–Trinajstić information content (AvgIpc) is 2.90. The summed E-state index contributed by atoms with van der Waals surface area (Å²) in [7, 11) is 1.93. The minimum atomic E-state index is -0.723. The highest BCUT2D eigenvalue weighted by Gasteiger charge is 2.28. The number of hydrogen-bond acceptors (Lipinski definition) is 3. The van der Waals surface area contributed by atoms with Crippen LogP contribution in [0, 0.1) is 5.92 Å². The van der Waals surface area contributed by atoms with Crippen LogP contribution in [0.3, 0.4) is 0 Å². The van der Waals surface area contributed by atoms with Crippen molar-refractivity contribution in [3.8, 4) is 0 Å². The van der Waals surface area contributed by atoms with E-state index in [2.05, 4.69) is 15.7 Å². The zero-order chi connectivity index (χ0) is 16.4. The molecule has 7 nitrogen and oxygen atoms in total. The first kappa shape index (κ1) is 15.8. The number of aliphatic carboxylic acids is 1. The third-order valence-corrected chi connectivity index (χ3v) is 5.09. The second kappa shape index (κ2) is 6.60. The summed E-state index contributed by atoms with van der Waals surface area (Å²) in [5.74, 6) is -0.980. The van der Waals surface area contributed by atoms with Crippen LogP contribution in [0.25, 0.3) is 0 Å². The first-order valence-electron chi connectivity index (χ1n) is 8.35. The van der Waals surface area contributed by atoms with Crippen LogP contribution in [-0.2, 0) is 18.3 Å². The Labute approximate surface area is 135 Å². The fourth-order valence-corrected chi connectivity index (χ4v) is 3.73. The quantitative estimate of drug-likeness (QED) is 0.790. The average molecular weight is 320 g/mol. The summed E-state index contributed by atoms with van der Waals surface area (Å²) in [6.45, 7) is 0. The number of carboxylic acids is 1. The van der Waals surface area contributed by atoms with Gasteiger partial charge in [0, 0.05) is 24.3 Å². The van der Waals surface area contributed by atoms with E-state index >= 15 is 0 Å². The van der Waals surface area contributed by atoms with Gasteiger partial charge in [-0.05, 0) is 44.9 Å². The number of urea groups is 1. The lowest BCUT2D eigenvalue weighted by Crippen LogP contribution is -2.45. The molecule has 3 rings (SSSR count). The van der Waals surface area contributed by atoms with Crippen molar-refractivity contribution < 1.29 is 14.7 Å². The zero-order valence-electron chi connectivity index (χ0n) is 13.4. The first-order valence-corrected chi connectivity index (χ1v) is 8.35. The van der Waals surface area contributed by atoms with Crippen LogP contribution in [-0.4, -0.2) is 32.9 Å². The van der Waals surface area contributed by atoms with Crippen LogP contribution < -0.4 is 10.6 Å². The Kier molecular flexibility index (Phi) is 4.54. The molecule has 1 aromatic heterocycles. The van der Waals surface area contributed by atoms with Gasteiger partial charge in [-0.1, -0.05) is 0 Å². The molecular formula is C16H24N4O3. The molecular weight excluding hydrogens is 296 g/mol. The van der Waals surface area contributed by atoms with Gasteiger partial charge in [0.15, 0.2) is 0 Å². The molecule has 0 aromatic carbocycles. The van der Waals surface area contributed by atoms with Crippen molar-refractivity contribution >= 4 is 12.0 Å². The number of hydrogen-bond donors (Lipinski definition) is 3. The van der Waals surface area contributed by atoms with E-state index in [9.17, 15) is 9.59 Å². The highest BCUT2D eigenvalue weighted by Crippen LogP contribution is 2.29. The highest BCUT2D eigenvalue weighted by atomic mass is 16.4. The molecule has 0 saturated heterocycles. The first-order chi connectivity index (χ1) is 11.0. The van der Waals surface area contributed by atoms with Crippen molar-refractivity contribution in [2.24, 2.45) is 13.0 Å². The summed E-state index contributed by atoms with van der Waals surface area (Å²) in [6.07, 6.45) is 7.55. The molecule has 2 aliphatic carbocycles. The zero-order valence-corrected chi connectivity index (χ0v) is 13.4. The fourth-order valence-electron chi connectivity index (χ4n) is 3.73. The van der Waals surface area contributed by atoms with Crippen LogP contribution in [0.15, 0.2) is 6.20 Å². The van der Waals surface area contributed by atoms with E-state index in [4.69, 9.17) is 5.11 Å². The second-order valence-electron chi connectivity index (χ2n) is 6.62. The molecule has 1 atom stereocenters. The number of aromatic nitrogens is 2. The maximum Gasteiger partial charge on any atom is 0.315 e. The lowest BCUT2D eigenvalue weighted by atomic mass is 9.86. The van der Waals surface area contributed by atoms with Crippen LogP contribution in [0.5, 0.6) is 0 Å². The number of nitrogens with one attached hydrogen (secondary N) is 2. The number of rotatable bonds is 3. The molecule has 0 aliphatic heterocycles. The standard InChI is InChI=1S/C16H24N4O3/c1-20-14-4-2-3-13(12(14)9-17-20)19-16(23)18-11-7-5-10(6-8-11)15(21)22/h9-11,13H,2-8H2,1H3,(H,21,22)(H2,18,19,23). The molecule has 1 unspecified atom stereocenters. The van der Waals surface area contributed by atoms with Gasteiger partial charge in [0.2, 0.25) is 0 Å². The van der Waals surface area contributed by atoms with Crippen molar-refractivity contribution in [3.63, 3.8) is 0 Å². The third-order valence-electron chi connectivity index (χ3n) is 5.09. The number of fused-ring (bicyclic) bond motifs is 1. The Morgan fingerprint density at radius 1 is 1.22 bits per heavy atom. The lowest BCUT2D eigenvalue weighted by Gasteiger charge is -2.29. The smallest absolute Gasteiger partial charge is 0.315 e. The molecule has 126 valence electrons. The van der Waals surface area contributed by atoms with Gasteiger partial charge in [-0.25, -0.2) is 4.79 Å². The molecule has 2 amide bonds. The topological polar surface area (TPSA) is 96.3 Å². The van der Waals surface area contributed by atoms with Crippen molar-refractivity contribution in [3.05, 3.63) is 17.5 Å². The number of aryl methyl sites for hydroxylation is 1. The molecule has 0 bridgehead atoms. The Morgan fingerprint density at radius 2 is 1.96 bits per heavy atom. The summed E-state index contributed by atoms with van der Waals surface area (Å²) >= 11 is 0. The van der Waals surface area contributed by atoms with Gasteiger partial charge in [-0.15, -0.1) is 0 Å². The van der Waals surface area contributed by atoms with Gasteiger partial charge in [-0.2, -0.15) is 5.10 Å². The van der Waals surface area contributed by atoms with Crippen LogP contribution in [0.1, 0.15) is 55.8 Å². The third kappa shape index (κ3) is 3.48. The Morgan fingerprint density at radius 3 is 2.65 bits per heavy atom. The van der Waals surface area contributed by atoms with E-state index in [0.29, 0.717) is 12.8 Å². The van der Waals surface area contributed by atoms with Crippen molar-refractivity contribution in [2.45, 2.75) is 57.0 Å². The van der Waals surface area contributed by atoms with E-state index in [1.807, 2.05) is 17.9 Å². The van der Waals surface area contributed by atoms with Crippen molar-refractivity contribution in [2.75, 3.05) is 0 Å². The predicted octanol–water partition coefficient (Wildman–Crippen LogP) is 1.74. The Balaban J connectivity index is 1.52. The number of carbonyl (C=O) groups is 2. The van der Waals surface area contributed by atoms with E-state index in [1.165, 1.54) is 5.69 Å². The van der Waals surface area contributed by atoms with Crippen LogP contribution >= 0.6 is 0 Å². The molecule has 0 radical (unpaired) electrons. The number of amides is 2. The van der Waals surface area contributed by atoms with E-state index < -0.39 is 5.97 Å². The number of carbonyl (C=O) groups excluding carboxylic acids is 1. The van der Waals surface area contributed by atoms with Crippen molar-refractivity contribution in [1.82, 2.24) is 20.4 Å². The van der Waals surface area contributed by atoms with Crippen LogP contribution in [0.4, 0.5) is 4.79 Å². The normalized spacial score (nSPS) is 27.1. The Bertz CT molecular complexity index is 590. The van der Waals surface area contributed by atoms with Gasteiger partial charge >= 0.3 is 12.0 Å². The molecule has 23 heavy (non-hydrogen) atoms. The molecule has 1 fully saturated rings. The maximum absolute atomic E-state index is 12.2. The minimum Gasteiger partial charge on any atom is -0.481 e. The van der Waals surface area contributed by atoms with Gasteiger partial charge < -0.3 is 15.7 Å². The fraction of sp³-hybridized carbons (Fsp3) is 0.688. The minimum absolute atomic E-state index is 0.0165. The summed E-state index contributed by atoms with van der Waals surface area (Å²) in [5.41, 5.74) is 2.31. The van der Waals surface area contributed by atoms with Gasteiger partial charge in [-0.3, -0.25) is 9.48 Å². The molecule has 1 aromatic rings. The molecule has 7 heteroatoms. The molecule has 1 heterocycles. The van der Waals surface area contributed by atoms with E-state index in [0.717, 1.165) is 37.7 Å². The summed E-state index contributed by atoms with van der Waals surface area (Å²) in [6, 6.07) is -0.0733. The summed E-state index contributed by atoms with van der Waals surface area (Å²) < 4.78 is 1.88. The summed E-state index contributed by atoms with van der Waals surface area (Å²) in [4.78, 5) is 23.2. The van der Waals surface area contributed by atoms with Crippen LogP contribution in [0.2, 0.25) is 0 Å². The monoisotopic (exact) mass is 320 g/mol. The lowest BCUT2D eigenvalue weighted by molar-refractivity contribution is -0.142. The second-order valence-corrected chi connectivity index (χ2v) is 6.62. The predicted molar refractivity (Wildman–Crippen MR) is 83.9 cm³/mol. The molecule has 1 saturated carbocycles. The molecule has 0 spiro atoms. The molecule has 3 N–H and O–H groups in total. The summed E-state index contributed by atoms with van der Waals surface area (Å²) in [5, 5.41) is 19.3. The van der Waals surface area contributed by atoms with Gasteiger partial charge in [0.25, 0.3) is 0 Å². The maximum atomic E-state index is 12.2. The van der Waals surface area contributed by atoms with Gasteiger partial charge in [0.1, 0.15) is 0 Å². The van der Waals surface area contributed by atoms with E-state index in [-0.39, 0.29) is 24.0 Å². The number of carboxylic acid groups (broad SMARTS) is 1.